The number of nitrogens with two attached hydrogens (primary N) is 2. The van der Waals surface area contributed by atoms with Crippen LogP contribution in [-0.4, -0.2) is 43.6 Å². The molecule has 192 valence electrons. The van der Waals surface area contributed by atoms with Crippen LogP contribution in [0.1, 0.15) is 22.5 Å². The van der Waals surface area contributed by atoms with Gasteiger partial charge in [-0.25, -0.2) is 0 Å². The molecule has 0 atom stereocenters. The second-order valence-corrected chi connectivity index (χ2v) is 7.25. The Morgan fingerprint density at radius 2 is 0.923 bits per heavy atom. The van der Waals surface area contributed by atoms with Crippen molar-refractivity contribution in [3.8, 4) is 11.5 Å². The molecule has 6 N–H and O–H groups in total. The molecule has 4 aromatic rings. The van der Waals surface area contributed by atoms with E-state index in [2.05, 4.69) is 30.4 Å². The molecule has 0 saturated heterocycles. The Bertz CT molecular complexity index is 1370. The third-order valence-corrected chi connectivity index (χ3v) is 4.62. The van der Waals surface area contributed by atoms with Crippen molar-refractivity contribution >= 4 is 23.5 Å². The predicted octanol–water partition coefficient (Wildman–Crippen LogP) is 0.427. The van der Waals surface area contributed by atoms with Gasteiger partial charge in [0.2, 0.25) is 0 Å². The SMILES string of the molecule is N/C(=N\N=C(/[O-])c1ccccc1O)c1ccccn1.N/C(=N\N=C(/[O-])c1ccccc1O)c1ccccn1.[Zn+2]. The van der Waals surface area contributed by atoms with Gasteiger partial charge in [-0.05, 0) is 36.4 Å². The Morgan fingerprint density at radius 3 is 1.26 bits per heavy atom. The molecule has 0 aliphatic carbocycles. The smallest absolute Gasteiger partial charge is 0.857 e. The van der Waals surface area contributed by atoms with E-state index < -0.39 is 11.8 Å². The number of phenolic OH excluding ortho intramolecular Hbond substituents is 2. The van der Waals surface area contributed by atoms with Crippen molar-refractivity contribution in [1.29, 1.82) is 0 Å². The second-order valence-electron chi connectivity index (χ2n) is 7.25. The first-order valence-electron chi connectivity index (χ1n) is 10.9. The fourth-order valence-electron chi connectivity index (χ4n) is 2.75. The van der Waals surface area contributed by atoms with Gasteiger partial charge in [0.1, 0.15) is 22.9 Å². The van der Waals surface area contributed by atoms with Crippen LogP contribution in [0.15, 0.2) is 118 Å². The van der Waals surface area contributed by atoms with E-state index in [4.69, 9.17) is 11.5 Å². The number of aromatic nitrogens is 2. The van der Waals surface area contributed by atoms with Crippen molar-refractivity contribution in [1.82, 2.24) is 9.97 Å². The van der Waals surface area contributed by atoms with Crippen LogP contribution < -0.4 is 21.7 Å². The molecule has 39 heavy (non-hydrogen) atoms. The molecule has 0 aliphatic rings. The van der Waals surface area contributed by atoms with Gasteiger partial charge in [-0.1, -0.05) is 48.5 Å². The number of para-hydroxylation sites is 2. The van der Waals surface area contributed by atoms with Gasteiger partial charge in [0.15, 0.2) is 11.7 Å². The van der Waals surface area contributed by atoms with Gasteiger partial charge in [0.25, 0.3) is 0 Å². The topological polar surface area (TPSA) is 214 Å². The summed E-state index contributed by atoms with van der Waals surface area (Å²) in [5.74, 6) is -1.58. The van der Waals surface area contributed by atoms with Crippen molar-refractivity contribution in [2.45, 2.75) is 0 Å². The molecule has 0 bridgehead atoms. The van der Waals surface area contributed by atoms with Gasteiger partial charge in [-0.3, -0.25) is 9.97 Å². The Kier molecular flexibility index (Phi) is 11.7. The minimum absolute atomic E-state index is 0. The number of rotatable bonds is 6. The summed E-state index contributed by atoms with van der Waals surface area (Å²) < 4.78 is 0. The molecule has 0 unspecified atom stereocenters. The summed E-state index contributed by atoms with van der Waals surface area (Å²) in [6.07, 6.45) is 3.12. The number of hydrogen-bond acceptors (Lipinski definition) is 10. The van der Waals surface area contributed by atoms with E-state index in [1.54, 1.807) is 73.1 Å². The van der Waals surface area contributed by atoms with Crippen LogP contribution in [0.4, 0.5) is 0 Å². The Labute approximate surface area is 236 Å². The predicted molar refractivity (Wildman–Crippen MR) is 139 cm³/mol. The quantitative estimate of drug-likeness (QED) is 0.109. The van der Waals surface area contributed by atoms with Crippen molar-refractivity contribution in [3.63, 3.8) is 0 Å². The van der Waals surface area contributed by atoms with E-state index in [9.17, 15) is 20.4 Å². The normalized spacial score (nSPS) is 12.1. The maximum atomic E-state index is 11.7. The molecule has 0 spiro atoms. The first-order chi connectivity index (χ1) is 18.4. The van der Waals surface area contributed by atoms with E-state index in [0.717, 1.165) is 0 Å². The van der Waals surface area contributed by atoms with Gasteiger partial charge >= 0.3 is 19.5 Å². The average Bonchev–Trinajstić information content (AvgIpc) is 2.96. The van der Waals surface area contributed by atoms with Gasteiger partial charge < -0.3 is 31.9 Å². The van der Waals surface area contributed by atoms with Crippen molar-refractivity contribution in [2.24, 2.45) is 31.9 Å². The summed E-state index contributed by atoms with van der Waals surface area (Å²) >= 11 is 0. The summed E-state index contributed by atoms with van der Waals surface area (Å²) in [6.45, 7) is 0. The number of aromatic hydroxyl groups is 2. The van der Waals surface area contributed by atoms with E-state index in [1.807, 2.05) is 0 Å². The molecule has 2 aromatic carbocycles. The van der Waals surface area contributed by atoms with Crippen molar-refractivity contribution < 1.29 is 39.9 Å². The number of hydrogen-bond donors (Lipinski definition) is 4. The third-order valence-electron chi connectivity index (χ3n) is 4.62. The van der Waals surface area contributed by atoms with Crippen LogP contribution in [0.3, 0.4) is 0 Å². The van der Waals surface area contributed by atoms with Gasteiger partial charge in [-0.15, -0.1) is 10.2 Å². The average molecular weight is 576 g/mol. The Morgan fingerprint density at radius 1 is 0.564 bits per heavy atom. The monoisotopic (exact) mass is 574 g/mol. The molecular formula is C26H22N8O4Zn. The largest absolute Gasteiger partial charge is 2.00 e. The van der Waals surface area contributed by atoms with Gasteiger partial charge in [0, 0.05) is 35.3 Å². The standard InChI is InChI=1S/2C13H12N4O2.Zn/c2*14-12(10-6-3-4-8-15-10)16-17-13(19)9-5-1-2-7-11(9)18;/h2*1-8,18H,(H2,14,16)(H,17,19);/q;;+2/p-2. The van der Waals surface area contributed by atoms with E-state index in [0.29, 0.717) is 11.4 Å². The molecule has 0 radical (unpaired) electrons. The van der Waals surface area contributed by atoms with Crippen LogP contribution in [0.5, 0.6) is 11.5 Å². The van der Waals surface area contributed by atoms with Gasteiger partial charge in [-0.2, -0.15) is 10.2 Å². The zero-order valence-electron chi connectivity index (χ0n) is 20.5. The van der Waals surface area contributed by atoms with Gasteiger partial charge in [0.05, 0.1) is 0 Å². The van der Waals surface area contributed by atoms with Crippen molar-refractivity contribution in [2.75, 3.05) is 0 Å². The minimum atomic E-state index is -0.669. The minimum Gasteiger partial charge on any atom is -0.857 e. The van der Waals surface area contributed by atoms with Crippen LogP contribution in [0.25, 0.3) is 0 Å². The molecule has 2 aromatic heterocycles. The molecule has 0 aliphatic heterocycles. The zero-order chi connectivity index (χ0) is 27.3. The molecular weight excluding hydrogens is 554 g/mol. The summed E-state index contributed by atoms with van der Waals surface area (Å²) in [7, 11) is 0. The molecule has 2 heterocycles. The van der Waals surface area contributed by atoms with Crippen LogP contribution in [0, 0.1) is 0 Å². The first-order valence-corrected chi connectivity index (χ1v) is 10.9. The van der Waals surface area contributed by atoms with E-state index in [1.165, 1.54) is 24.3 Å². The number of phenols is 2. The van der Waals surface area contributed by atoms with Crippen LogP contribution in [0.2, 0.25) is 0 Å². The molecule has 0 saturated carbocycles. The molecule has 0 amide bonds. The Balaban J connectivity index is 0.000000267. The van der Waals surface area contributed by atoms with E-state index in [-0.39, 0.29) is 53.8 Å². The molecule has 12 nitrogen and oxygen atoms in total. The zero-order valence-corrected chi connectivity index (χ0v) is 23.5. The van der Waals surface area contributed by atoms with E-state index >= 15 is 0 Å². The Hall–Kier alpha value is -5.16. The number of benzene rings is 2. The first kappa shape index (κ1) is 30.1. The number of nitrogens with zero attached hydrogens (tertiary/aromatic N) is 6. The third kappa shape index (κ3) is 9.02. The van der Waals surface area contributed by atoms with Crippen molar-refractivity contribution in [3.05, 3.63) is 120 Å². The summed E-state index contributed by atoms with van der Waals surface area (Å²) in [5.41, 5.74) is 12.3. The number of amidine groups is 2. The fourth-order valence-corrected chi connectivity index (χ4v) is 2.75. The second kappa shape index (κ2) is 15.2. The number of pyridine rings is 2. The maximum absolute atomic E-state index is 11.7. The summed E-state index contributed by atoms with van der Waals surface area (Å²) in [4.78, 5) is 7.94. The molecule has 13 heteroatoms. The van der Waals surface area contributed by atoms with Crippen LogP contribution in [-0.2, 0) is 19.5 Å². The molecule has 0 fully saturated rings. The molecule has 4 rings (SSSR count). The summed E-state index contributed by atoms with van der Waals surface area (Å²) in [5, 5.41) is 56.5. The van der Waals surface area contributed by atoms with Crippen LogP contribution >= 0.6 is 0 Å². The summed E-state index contributed by atoms with van der Waals surface area (Å²) in [6, 6.07) is 22.4. The fraction of sp³-hybridized carbons (Fsp3) is 0. The maximum Gasteiger partial charge on any atom is 2.00 e.